The molecule has 3 N–H and O–H groups in total. The molecule has 4 nitrogen and oxygen atoms in total. The maximum Gasteiger partial charge on any atom is 0.253 e. The zero-order valence-corrected chi connectivity index (χ0v) is 10.4. The number of carbonyl (C=O) groups is 1. The molecule has 0 saturated carbocycles. The van der Waals surface area contributed by atoms with Crippen molar-refractivity contribution in [2.24, 2.45) is 0 Å². The number of nitrogen functional groups attached to an aromatic ring is 1. The summed E-state index contributed by atoms with van der Waals surface area (Å²) in [5.74, 6) is -0.817. The largest absolute Gasteiger partial charge is 0.398 e. The van der Waals surface area contributed by atoms with Crippen LogP contribution in [0.25, 0.3) is 0 Å². The zero-order chi connectivity index (χ0) is 13.8. The van der Waals surface area contributed by atoms with Gasteiger partial charge in [-0.2, -0.15) is 0 Å². The Kier molecular flexibility index (Phi) is 3.75. The molecule has 2 aromatic rings. The molecule has 0 unspecified atom stereocenters. The second-order valence-corrected chi connectivity index (χ2v) is 4.18. The molecule has 0 fully saturated rings. The second kappa shape index (κ2) is 5.48. The molecule has 0 aliphatic carbocycles. The highest BCUT2D eigenvalue weighted by atomic mass is 19.1. The smallest absolute Gasteiger partial charge is 0.253 e. The number of rotatable bonds is 3. The number of nitrogens with one attached hydrogen (secondary N) is 1. The Morgan fingerprint density at radius 2 is 2.16 bits per heavy atom. The van der Waals surface area contributed by atoms with E-state index in [1.165, 1.54) is 12.1 Å². The van der Waals surface area contributed by atoms with E-state index < -0.39 is 5.82 Å². The molecular weight excluding hydrogens is 245 g/mol. The number of halogens is 1. The average Bonchev–Trinajstić information content (AvgIpc) is 2.39. The summed E-state index contributed by atoms with van der Waals surface area (Å²) in [6.07, 6.45) is 1.66. The number of nitrogens with zero attached hydrogens (tertiary/aromatic N) is 1. The van der Waals surface area contributed by atoms with Gasteiger partial charge in [0.1, 0.15) is 5.82 Å². The highest BCUT2D eigenvalue weighted by Gasteiger charge is 2.14. The van der Waals surface area contributed by atoms with Crippen LogP contribution in [0.4, 0.5) is 10.1 Å². The van der Waals surface area contributed by atoms with E-state index in [9.17, 15) is 9.18 Å². The molecule has 0 radical (unpaired) electrons. The van der Waals surface area contributed by atoms with Crippen LogP contribution in [0.15, 0.2) is 42.6 Å². The predicted octanol–water partition coefficient (Wildman–Crippen LogP) is 2.29. The Balaban J connectivity index is 2.13. The first-order valence-electron chi connectivity index (χ1n) is 5.84. The summed E-state index contributed by atoms with van der Waals surface area (Å²) < 4.78 is 12.9. The van der Waals surface area contributed by atoms with Gasteiger partial charge in [0.05, 0.1) is 17.3 Å². The number of anilines is 1. The summed E-state index contributed by atoms with van der Waals surface area (Å²) in [4.78, 5) is 16.2. The summed E-state index contributed by atoms with van der Waals surface area (Å²) >= 11 is 0. The Hall–Kier alpha value is -2.43. The van der Waals surface area contributed by atoms with Crippen molar-refractivity contribution in [1.82, 2.24) is 10.3 Å². The summed E-state index contributed by atoms with van der Waals surface area (Å²) in [6.45, 7) is 1.82. The van der Waals surface area contributed by atoms with E-state index in [-0.39, 0.29) is 23.2 Å². The summed E-state index contributed by atoms with van der Waals surface area (Å²) in [6, 6.07) is 8.91. The normalized spacial score (nSPS) is 11.9. The van der Waals surface area contributed by atoms with Crippen molar-refractivity contribution in [3.63, 3.8) is 0 Å². The number of hydrogen-bond donors (Lipinski definition) is 2. The van der Waals surface area contributed by atoms with Crippen molar-refractivity contribution in [3.05, 3.63) is 59.7 Å². The highest BCUT2D eigenvalue weighted by Crippen LogP contribution is 2.15. The van der Waals surface area contributed by atoms with Gasteiger partial charge >= 0.3 is 0 Å². The molecule has 0 saturated heterocycles. The van der Waals surface area contributed by atoms with Crippen LogP contribution >= 0.6 is 0 Å². The molecule has 1 atom stereocenters. The molecular formula is C14H14FN3O. The topological polar surface area (TPSA) is 68.0 Å². The molecule has 5 heteroatoms. The van der Waals surface area contributed by atoms with Gasteiger partial charge < -0.3 is 11.1 Å². The molecule has 1 heterocycles. The minimum Gasteiger partial charge on any atom is -0.398 e. The van der Waals surface area contributed by atoms with Gasteiger partial charge in [0.2, 0.25) is 0 Å². The second-order valence-electron chi connectivity index (χ2n) is 4.18. The van der Waals surface area contributed by atoms with Crippen molar-refractivity contribution < 1.29 is 9.18 Å². The molecule has 19 heavy (non-hydrogen) atoms. The SMILES string of the molecule is C[C@H](NC(=O)c1ccc(F)cc1N)c1ccccn1. The van der Waals surface area contributed by atoms with Gasteiger partial charge in [-0.05, 0) is 37.3 Å². The van der Waals surface area contributed by atoms with Crippen LogP contribution in [0.3, 0.4) is 0 Å². The van der Waals surface area contributed by atoms with Gasteiger partial charge in [-0.3, -0.25) is 9.78 Å². The first kappa shape index (κ1) is 13.0. The fourth-order valence-electron chi connectivity index (χ4n) is 1.72. The first-order valence-corrected chi connectivity index (χ1v) is 5.84. The van der Waals surface area contributed by atoms with Crippen LogP contribution in [0.2, 0.25) is 0 Å². The van der Waals surface area contributed by atoms with Crippen molar-refractivity contribution in [1.29, 1.82) is 0 Å². The van der Waals surface area contributed by atoms with E-state index in [1.54, 1.807) is 12.3 Å². The number of hydrogen-bond acceptors (Lipinski definition) is 3. The van der Waals surface area contributed by atoms with Crippen LogP contribution in [0.1, 0.15) is 29.0 Å². The summed E-state index contributed by atoms with van der Waals surface area (Å²) in [7, 11) is 0. The van der Waals surface area contributed by atoms with Gasteiger partial charge in [0.15, 0.2) is 0 Å². The molecule has 0 bridgehead atoms. The van der Waals surface area contributed by atoms with E-state index >= 15 is 0 Å². The lowest BCUT2D eigenvalue weighted by Gasteiger charge is -2.14. The van der Waals surface area contributed by atoms with E-state index in [4.69, 9.17) is 5.73 Å². The standard InChI is InChI=1S/C14H14FN3O/c1-9(13-4-2-3-7-17-13)18-14(19)11-6-5-10(15)8-12(11)16/h2-9H,16H2,1H3,(H,18,19)/t9-/m0/s1. The van der Waals surface area contributed by atoms with Crippen LogP contribution < -0.4 is 11.1 Å². The Labute approximate surface area is 110 Å². The quantitative estimate of drug-likeness (QED) is 0.831. The monoisotopic (exact) mass is 259 g/mol. The average molecular weight is 259 g/mol. The van der Waals surface area contributed by atoms with Gasteiger partial charge in [0, 0.05) is 11.9 Å². The first-order chi connectivity index (χ1) is 9.08. The Bertz CT molecular complexity index is 586. The van der Waals surface area contributed by atoms with E-state index in [0.29, 0.717) is 0 Å². The maximum atomic E-state index is 12.9. The third kappa shape index (κ3) is 3.07. The molecule has 1 amide bonds. The third-order valence-electron chi connectivity index (χ3n) is 2.74. The van der Waals surface area contributed by atoms with Crippen molar-refractivity contribution in [3.8, 4) is 0 Å². The molecule has 2 rings (SSSR count). The minimum absolute atomic E-state index is 0.116. The third-order valence-corrected chi connectivity index (χ3v) is 2.74. The van der Waals surface area contributed by atoms with E-state index in [0.717, 1.165) is 11.8 Å². The van der Waals surface area contributed by atoms with Gasteiger partial charge in [0.25, 0.3) is 5.91 Å². The molecule has 98 valence electrons. The van der Waals surface area contributed by atoms with Crippen molar-refractivity contribution >= 4 is 11.6 Å². The molecule has 1 aromatic heterocycles. The van der Waals surface area contributed by atoms with Crippen LogP contribution in [-0.2, 0) is 0 Å². The predicted molar refractivity (Wildman–Crippen MR) is 70.9 cm³/mol. The lowest BCUT2D eigenvalue weighted by molar-refractivity contribution is 0.0940. The molecule has 0 spiro atoms. The van der Waals surface area contributed by atoms with Crippen molar-refractivity contribution in [2.45, 2.75) is 13.0 Å². The lowest BCUT2D eigenvalue weighted by atomic mass is 10.1. The molecule has 1 aromatic carbocycles. The highest BCUT2D eigenvalue weighted by molar-refractivity contribution is 5.99. The number of carbonyl (C=O) groups excluding carboxylic acids is 1. The van der Waals surface area contributed by atoms with E-state index in [1.807, 2.05) is 19.1 Å². The summed E-state index contributed by atoms with van der Waals surface area (Å²) in [5, 5.41) is 2.77. The lowest BCUT2D eigenvalue weighted by Crippen LogP contribution is -2.27. The number of nitrogens with two attached hydrogens (primary N) is 1. The summed E-state index contributed by atoms with van der Waals surface area (Å²) in [5.41, 5.74) is 6.74. The Morgan fingerprint density at radius 1 is 1.37 bits per heavy atom. The van der Waals surface area contributed by atoms with E-state index in [2.05, 4.69) is 10.3 Å². The molecule has 0 aliphatic heterocycles. The van der Waals surface area contributed by atoms with Crippen LogP contribution in [-0.4, -0.2) is 10.9 Å². The fourth-order valence-corrected chi connectivity index (χ4v) is 1.72. The van der Waals surface area contributed by atoms with Crippen molar-refractivity contribution in [2.75, 3.05) is 5.73 Å². The van der Waals surface area contributed by atoms with Gasteiger partial charge in [-0.1, -0.05) is 6.07 Å². The number of benzene rings is 1. The van der Waals surface area contributed by atoms with Gasteiger partial charge in [-0.25, -0.2) is 4.39 Å². The molecule has 0 aliphatic rings. The number of pyridine rings is 1. The zero-order valence-electron chi connectivity index (χ0n) is 10.4. The minimum atomic E-state index is -0.466. The van der Waals surface area contributed by atoms with Gasteiger partial charge in [-0.15, -0.1) is 0 Å². The number of aromatic nitrogens is 1. The fraction of sp³-hybridized carbons (Fsp3) is 0.143. The van der Waals surface area contributed by atoms with Crippen LogP contribution in [0.5, 0.6) is 0 Å². The maximum absolute atomic E-state index is 12.9. The number of amides is 1. The Morgan fingerprint density at radius 3 is 2.79 bits per heavy atom. The van der Waals surface area contributed by atoms with Crippen LogP contribution in [0, 0.1) is 5.82 Å².